The van der Waals surface area contributed by atoms with Gasteiger partial charge in [0.25, 0.3) is 0 Å². The summed E-state index contributed by atoms with van der Waals surface area (Å²) in [7, 11) is 0. The summed E-state index contributed by atoms with van der Waals surface area (Å²) in [5.41, 5.74) is 0.748. The predicted octanol–water partition coefficient (Wildman–Crippen LogP) is 3.60. The number of rotatable bonds is 2. The van der Waals surface area contributed by atoms with E-state index in [1.165, 1.54) is 0 Å². The van der Waals surface area contributed by atoms with Crippen molar-refractivity contribution in [2.75, 3.05) is 0 Å². The molecule has 0 saturated heterocycles. The van der Waals surface area contributed by atoms with Crippen molar-refractivity contribution in [2.45, 2.75) is 38.5 Å². The number of carboxylic acid groups (broad SMARTS) is 1. The Morgan fingerprint density at radius 1 is 1.47 bits per heavy atom. The van der Waals surface area contributed by atoms with Gasteiger partial charge in [-0.1, -0.05) is 18.0 Å². The summed E-state index contributed by atoms with van der Waals surface area (Å²) in [6, 6.07) is 1.55. The van der Waals surface area contributed by atoms with Gasteiger partial charge in [0.1, 0.15) is 5.82 Å². The lowest BCUT2D eigenvalue weighted by Gasteiger charge is -2.39. The minimum absolute atomic E-state index is 0.00984. The molecular formula is C13H14ClFO2. The fourth-order valence-electron chi connectivity index (χ4n) is 2.51. The standard InChI is InChI=1S/C13H14ClFO2/c1-7-6-9(14)11(15)10(8(7)2)13(12(16)17)4-3-5-13/h6H,3-5H2,1-2H3,(H,16,17). The second-order valence-corrected chi connectivity index (χ2v) is 5.14. The van der Waals surface area contributed by atoms with Crippen LogP contribution in [0.15, 0.2) is 6.07 Å². The van der Waals surface area contributed by atoms with Crippen molar-refractivity contribution in [3.63, 3.8) is 0 Å². The normalized spacial score (nSPS) is 17.6. The molecule has 17 heavy (non-hydrogen) atoms. The molecule has 0 aromatic heterocycles. The van der Waals surface area contributed by atoms with Crippen molar-refractivity contribution in [2.24, 2.45) is 0 Å². The van der Waals surface area contributed by atoms with Gasteiger partial charge in [-0.15, -0.1) is 0 Å². The van der Waals surface area contributed by atoms with Crippen LogP contribution in [0.4, 0.5) is 4.39 Å². The van der Waals surface area contributed by atoms with Crippen LogP contribution < -0.4 is 0 Å². The van der Waals surface area contributed by atoms with E-state index in [2.05, 4.69) is 0 Å². The van der Waals surface area contributed by atoms with E-state index in [1.54, 1.807) is 13.0 Å². The lowest BCUT2D eigenvalue weighted by molar-refractivity contribution is -0.147. The third-order valence-corrected chi connectivity index (χ3v) is 4.11. The van der Waals surface area contributed by atoms with Crippen LogP contribution in [-0.2, 0) is 10.2 Å². The van der Waals surface area contributed by atoms with E-state index >= 15 is 0 Å². The van der Waals surface area contributed by atoms with Crippen molar-refractivity contribution in [1.29, 1.82) is 0 Å². The van der Waals surface area contributed by atoms with Crippen molar-refractivity contribution in [3.8, 4) is 0 Å². The van der Waals surface area contributed by atoms with Crippen LogP contribution in [0.25, 0.3) is 0 Å². The molecule has 0 radical (unpaired) electrons. The molecule has 1 saturated carbocycles. The first-order valence-electron chi connectivity index (χ1n) is 5.59. The fourth-order valence-corrected chi connectivity index (χ4v) is 2.77. The number of aryl methyl sites for hydroxylation is 1. The van der Waals surface area contributed by atoms with Crippen LogP contribution in [0.1, 0.15) is 36.0 Å². The van der Waals surface area contributed by atoms with E-state index in [-0.39, 0.29) is 10.6 Å². The summed E-state index contributed by atoms with van der Waals surface area (Å²) in [5, 5.41) is 9.37. The number of carbonyl (C=O) groups is 1. The topological polar surface area (TPSA) is 37.3 Å². The predicted molar refractivity (Wildman–Crippen MR) is 64.0 cm³/mol. The van der Waals surface area contributed by atoms with Gasteiger partial charge in [-0.2, -0.15) is 0 Å². The molecule has 92 valence electrons. The van der Waals surface area contributed by atoms with Gasteiger partial charge in [0, 0.05) is 5.56 Å². The maximum Gasteiger partial charge on any atom is 0.314 e. The Morgan fingerprint density at radius 2 is 2.06 bits per heavy atom. The summed E-state index contributed by atoms with van der Waals surface area (Å²) in [6.45, 7) is 3.57. The van der Waals surface area contributed by atoms with Crippen LogP contribution in [0.2, 0.25) is 5.02 Å². The third kappa shape index (κ3) is 1.64. The van der Waals surface area contributed by atoms with E-state index in [0.29, 0.717) is 18.4 Å². The summed E-state index contributed by atoms with van der Waals surface area (Å²) >= 11 is 5.81. The maximum atomic E-state index is 14.1. The van der Waals surface area contributed by atoms with Crippen LogP contribution >= 0.6 is 11.6 Å². The van der Waals surface area contributed by atoms with E-state index in [9.17, 15) is 14.3 Å². The molecule has 4 heteroatoms. The Balaban J connectivity index is 2.70. The van der Waals surface area contributed by atoms with Gasteiger partial charge in [0.2, 0.25) is 0 Å². The van der Waals surface area contributed by atoms with Crippen LogP contribution in [-0.4, -0.2) is 11.1 Å². The lowest BCUT2D eigenvalue weighted by Crippen LogP contribution is -2.43. The summed E-state index contributed by atoms with van der Waals surface area (Å²) < 4.78 is 14.1. The minimum atomic E-state index is -1.07. The van der Waals surface area contributed by atoms with Gasteiger partial charge in [-0.05, 0) is 43.9 Å². The molecular weight excluding hydrogens is 243 g/mol. The Morgan fingerprint density at radius 3 is 2.47 bits per heavy atom. The average molecular weight is 257 g/mol. The monoisotopic (exact) mass is 256 g/mol. The summed E-state index contributed by atoms with van der Waals surface area (Å²) in [4.78, 5) is 11.4. The van der Waals surface area contributed by atoms with Crippen molar-refractivity contribution < 1.29 is 14.3 Å². The molecule has 1 aromatic carbocycles. The smallest absolute Gasteiger partial charge is 0.314 e. The van der Waals surface area contributed by atoms with Gasteiger partial charge >= 0.3 is 5.97 Å². The fraction of sp³-hybridized carbons (Fsp3) is 0.462. The van der Waals surface area contributed by atoms with E-state index < -0.39 is 17.2 Å². The molecule has 1 aliphatic carbocycles. The van der Waals surface area contributed by atoms with Gasteiger partial charge in [-0.25, -0.2) is 4.39 Å². The van der Waals surface area contributed by atoms with Crippen LogP contribution in [0.5, 0.6) is 0 Å². The van der Waals surface area contributed by atoms with E-state index in [4.69, 9.17) is 11.6 Å². The number of hydrogen-bond acceptors (Lipinski definition) is 1. The first-order valence-corrected chi connectivity index (χ1v) is 5.97. The number of hydrogen-bond donors (Lipinski definition) is 1. The van der Waals surface area contributed by atoms with Crippen molar-refractivity contribution in [1.82, 2.24) is 0 Å². The number of aliphatic carboxylic acids is 1. The highest BCUT2D eigenvalue weighted by molar-refractivity contribution is 6.31. The first kappa shape index (κ1) is 12.4. The van der Waals surface area contributed by atoms with Gasteiger partial charge in [-0.3, -0.25) is 4.79 Å². The van der Waals surface area contributed by atoms with Crippen molar-refractivity contribution in [3.05, 3.63) is 33.6 Å². The first-order chi connectivity index (χ1) is 7.90. The minimum Gasteiger partial charge on any atom is -0.481 e. The summed E-state index contributed by atoms with van der Waals surface area (Å²) in [6.07, 6.45) is 1.79. The summed E-state index contributed by atoms with van der Waals surface area (Å²) in [5.74, 6) is -1.52. The zero-order chi connectivity index (χ0) is 12.8. The number of carboxylic acids is 1. The quantitative estimate of drug-likeness (QED) is 0.878. The molecule has 1 fully saturated rings. The Labute approximate surface area is 104 Å². The molecule has 0 heterocycles. The van der Waals surface area contributed by atoms with Gasteiger partial charge < -0.3 is 5.11 Å². The molecule has 0 spiro atoms. The largest absolute Gasteiger partial charge is 0.481 e. The zero-order valence-electron chi connectivity index (χ0n) is 9.81. The SMILES string of the molecule is Cc1cc(Cl)c(F)c(C2(C(=O)O)CCC2)c1C. The highest BCUT2D eigenvalue weighted by Crippen LogP contribution is 2.47. The third-order valence-electron chi connectivity index (χ3n) is 3.83. The lowest BCUT2D eigenvalue weighted by atomic mass is 9.63. The van der Waals surface area contributed by atoms with Crippen LogP contribution in [0.3, 0.4) is 0 Å². The molecule has 2 nitrogen and oxygen atoms in total. The molecule has 0 amide bonds. The number of halogens is 2. The molecule has 1 aromatic rings. The van der Waals surface area contributed by atoms with Crippen molar-refractivity contribution >= 4 is 17.6 Å². The molecule has 2 rings (SSSR count). The molecule has 0 unspecified atom stereocenters. The van der Waals surface area contributed by atoms with Gasteiger partial charge in [0.15, 0.2) is 0 Å². The highest BCUT2D eigenvalue weighted by atomic mass is 35.5. The molecule has 0 bridgehead atoms. The van der Waals surface area contributed by atoms with E-state index in [1.807, 2.05) is 6.92 Å². The molecule has 0 atom stereocenters. The van der Waals surface area contributed by atoms with E-state index in [0.717, 1.165) is 12.0 Å². The Kier molecular flexibility index (Phi) is 2.90. The maximum absolute atomic E-state index is 14.1. The molecule has 0 aliphatic heterocycles. The Bertz CT molecular complexity index is 466. The average Bonchev–Trinajstić information content (AvgIpc) is 2.18. The van der Waals surface area contributed by atoms with Crippen LogP contribution in [0, 0.1) is 19.7 Å². The Hall–Kier alpha value is -1.09. The molecule has 1 aliphatic rings. The highest BCUT2D eigenvalue weighted by Gasteiger charge is 2.49. The van der Waals surface area contributed by atoms with Gasteiger partial charge in [0.05, 0.1) is 10.4 Å². The number of benzene rings is 1. The molecule has 1 N–H and O–H groups in total. The zero-order valence-corrected chi connectivity index (χ0v) is 10.6. The second kappa shape index (κ2) is 3.98. The second-order valence-electron chi connectivity index (χ2n) is 4.73.